The first-order chi connectivity index (χ1) is 26.3. The molecule has 11 nitrogen and oxygen atoms in total. The second-order valence-electron chi connectivity index (χ2n) is 13.6. The third-order valence-electron chi connectivity index (χ3n) is 10.1. The highest BCUT2D eigenvalue weighted by molar-refractivity contribution is 5.92. The number of carbonyl (C=O) groups excluding carboxylic acids is 4. The number of fused-ring (bicyclic) bond motifs is 4. The van der Waals surface area contributed by atoms with Gasteiger partial charge in [-0.05, 0) is 123 Å². The van der Waals surface area contributed by atoms with Crippen LogP contribution in [-0.4, -0.2) is 64.6 Å². The molecule has 11 heteroatoms. The standard InChI is InChI=1S/C43H44N2O9/c1-3-29-26-45-22-20-32(29)25-38(45)41(35-19-21-44-37-18-9-28(27-46)24-36(35)37)54-43(50)31-12-16-34(17-13-31)53-42(49)30-10-14-33(15-11-30)52-40(48)8-6-5-7-23-51-39(47)4-2/h3-4,9-19,21,24,29,32,38,41,46H,1-2,5-8,20,22-23,25-27H2/t29-,32?,38-,41?/m0/s1. The zero-order valence-corrected chi connectivity index (χ0v) is 30.1. The Bertz CT molecular complexity index is 1990. The van der Waals surface area contributed by atoms with E-state index in [1.54, 1.807) is 30.5 Å². The number of esters is 4. The van der Waals surface area contributed by atoms with Crippen molar-refractivity contribution in [2.45, 2.75) is 57.3 Å². The molecule has 54 heavy (non-hydrogen) atoms. The molecule has 4 heterocycles. The molecule has 3 saturated heterocycles. The SMILES string of the molecule is C=CC(=O)OCCCCCC(=O)Oc1ccc(C(=O)Oc2ccc(C(=O)OC(c3ccnc4ccc(CO)cc34)[C@@H]3CC4CCN3C[C@@H]4C=C)cc2)cc1. The van der Waals surface area contributed by atoms with Crippen LogP contribution in [0.25, 0.3) is 10.9 Å². The van der Waals surface area contributed by atoms with Crippen LogP contribution in [0, 0.1) is 11.8 Å². The maximum Gasteiger partial charge on any atom is 0.343 e. The molecular formula is C43H44N2O9. The molecule has 3 aliphatic rings. The number of hydrogen-bond acceptors (Lipinski definition) is 11. The van der Waals surface area contributed by atoms with Gasteiger partial charge in [-0.3, -0.25) is 14.7 Å². The minimum atomic E-state index is -0.619. The van der Waals surface area contributed by atoms with Crippen molar-refractivity contribution in [3.8, 4) is 11.5 Å². The van der Waals surface area contributed by atoms with E-state index < -0.39 is 30.0 Å². The van der Waals surface area contributed by atoms with E-state index in [0.29, 0.717) is 42.4 Å². The minimum absolute atomic E-state index is 0.0468. The maximum atomic E-state index is 13.8. The average Bonchev–Trinajstić information content (AvgIpc) is 3.21. The van der Waals surface area contributed by atoms with E-state index in [9.17, 15) is 24.3 Å². The van der Waals surface area contributed by atoms with E-state index in [1.807, 2.05) is 30.3 Å². The molecule has 3 unspecified atom stereocenters. The van der Waals surface area contributed by atoms with Crippen LogP contribution in [0.5, 0.6) is 11.5 Å². The lowest BCUT2D eigenvalue weighted by Gasteiger charge is -2.51. The fourth-order valence-electron chi connectivity index (χ4n) is 7.23. The molecule has 7 rings (SSSR count). The summed E-state index contributed by atoms with van der Waals surface area (Å²) in [6.45, 7) is 9.30. The average molecular weight is 733 g/mol. The number of benzene rings is 3. The normalized spacial score (nSPS) is 19.4. The summed E-state index contributed by atoms with van der Waals surface area (Å²) in [5.41, 5.74) is 2.88. The lowest BCUT2D eigenvalue weighted by atomic mass is 9.73. The van der Waals surface area contributed by atoms with Crippen molar-refractivity contribution in [2.24, 2.45) is 11.8 Å². The van der Waals surface area contributed by atoms with Crippen LogP contribution in [0.2, 0.25) is 0 Å². The number of hydrogen-bond donors (Lipinski definition) is 1. The first-order valence-corrected chi connectivity index (χ1v) is 18.2. The molecule has 3 fully saturated rings. The summed E-state index contributed by atoms with van der Waals surface area (Å²) >= 11 is 0. The van der Waals surface area contributed by atoms with Crippen molar-refractivity contribution in [2.75, 3.05) is 19.7 Å². The van der Waals surface area contributed by atoms with Gasteiger partial charge in [0, 0.05) is 36.2 Å². The second-order valence-corrected chi connectivity index (χ2v) is 13.6. The van der Waals surface area contributed by atoms with Crippen molar-refractivity contribution in [3.63, 3.8) is 0 Å². The summed E-state index contributed by atoms with van der Waals surface area (Å²) in [6.07, 6.45) is 8.30. The van der Waals surface area contributed by atoms with Gasteiger partial charge >= 0.3 is 23.9 Å². The van der Waals surface area contributed by atoms with Gasteiger partial charge in [0.25, 0.3) is 0 Å². The monoisotopic (exact) mass is 732 g/mol. The summed E-state index contributed by atoms with van der Waals surface area (Å²) in [6, 6.07) is 19.7. The Balaban J connectivity index is 1.07. The highest BCUT2D eigenvalue weighted by atomic mass is 16.6. The molecule has 0 saturated carbocycles. The number of ether oxygens (including phenoxy) is 4. The maximum absolute atomic E-state index is 13.8. The fraction of sp³-hybridized carbons (Fsp3) is 0.326. The van der Waals surface area contributed by atoms with Gasteiger partial charge in [-0.2, -0.15) is 0 Å². The van der Waals surface area contributed by atoms with Crippen LogP contribution < -0.4 is 9.47 Å². The molecule has 280 valence electrons. The third kappa shape index (κ3) is 9.28. The van der Waals surface area contributed by atoms with E-state index in [0.717, 1.165) is 54.0 Å². The van der Waals surface area contributed by atoms with Crippen LogP contribution in [0.15, 0.2) is 104 Å². The Morgan fingerprint density at radius 2 is 1.61 bits per heavy atom. The van der Waals surface area contributed by atoms with Gasteiger partial charge < -0.3 is 24.1 Å². The van der Waals surface area contributed by atoms with Crippen LogP contribution in [0.1, 0.15) is 76.5 Å². The van der Waals surface area contributed by atoms with E-state index in [2.05, 4.69) is 23.0 Å². The fourth-order valence-corrected chi connectivity index (χ4v) is 7.23. The van der Waals surface area contributed by atoms with Crippen molar-refractivity contribution in [1.29, 1.82) is 0 Å². The van der Waals surface area contributed by atoms with Crippen LogP contribution in [0.3, 0.4) is 0 Å². The Labute approximate surface area is 314 Å². The highest BCUT2D eigenvalue weighted by Crippen LogP contribution is 2.44. The van der Waals surface area contributed by atoms with Gasteiger partial charge in [0.1, 0.15) is 17.6 Å². The van der Waals surface area contributed by atoms with Crippen molar-refractivity contribution >= 4 is 34.8 Å². The second kappa shape index (κ2) is 17.9. The van der Waals surface area contributed by atoms with Crippen molar-refractivity contribution in [3.05, 3.63) is 127 Å². The molecule has 3 aromatic carbocycles. The smallest absolute Gasteiger partial charge is 0.343 e. The lowest BCUT2D eigenvalue weighted by Crippen LogP contribution is -2.55. The topological polar surface area (TPSA) is 142 Å². The summed E-state index contributed by atoms with van der Waals surface area (Å²) in [4.78, 5) is 56.9. The molecule has 1 N–H and O–H groups in total. The van der Waals surface area contributed by atoms with Crippen molar-refractivity contribution < 1.29 is 43.2 Å². The minimum Gasteiger partial charge on any atom is -0.463 e. The number of aliphatic hydroxyl groups excluding tert-OH is 1. The number of nitrogens with zero attached hydrogens (tertiary/aromatic N) is 2. The molecule has 2 bridgehead atoms. The van der Waals surface area contributed by atoms with Gasteiger partial charge in [0.05, 0.1) is 35.9 Å². The predicted octanol–water partition coefficient (Wildman–Crippen LogP) is 6.94. The van der Waals surface area contributed by atoms with Crippen LogP contribution in [0.4, 0.5) is 0 Å². The zero-order chi connectivity index (χ0) is 38.0. The van der Waals surface area contributed by atoms with Gasteiger partial charge in [-0.15, -0.1) is 6.58 Å². The number of pyridine rings is 1. The Morgan fingerprint density at radius 3 is 2.28 bits per heavy atom. The molecule has 0 aliphatic carbocycles. The molecule has 0 spiro atoms. The molecule has 3 aliphatic heterocycles. The van der Waals surface area contributed by atoms with Gasteiger partial charge in [-0.1, -0.05) is 18.7 Å². The molecule has 5 atom stereocenters. The summed E-state index contributed by atoms with van der Waals surface area (Å²) in [5.74, 6) is -0.635. The number of rotatable bonds is 16. The largest absolute Gasteiger partial charge is 0.463 e. The molecule has 4 aromatic rings. The predicted molar refractivity (Wildman–Crippen MR) is 201 cm³/mol. The third-order valence-corrected chi connectivity index (χ3v) is 10.1. The van der Waals surface area contributed by atoms with E-state index >= 15 is 0 Å². The highest BCUT2D eigenvalue weighted by Gasteiger charge is 2.44. The molecule has 0 radical (unpaired) electrons. The number of carbonyl (C=O) groups is 4. The molecular weight excluding hydrogens is 688 g/mol. The zero-order valence-electron chi connectivity index (χ0n) is 30.1. The Morgan fingerprint density at radius 1 is 0.889 bits per heavy atom. The Hall–Kier alpha value is -5.65. The Kier molecular flexibility index (Phi) is 12.6. The summed E-state index contributed by atoms with van der Waals surface area (Å²) in [7, 11) is 0. The van der Waals surface area contributed by atoms with E-state index in [4.69, 9.17) is 18.9 Å². The summed E-state index contributed by atoms with van der Waals surface area (Å²) < 4.78 is 22.2. The van der Waals surface area contributed by atoms with Crippen LogP contribution >= 0.6 is 0 Å². The first-order valence-electron chi connectivity index (χ1n) is 18.2. The van der Waals surface area contributed by atoms with Crippen molar-refractivity contribution in [1.82, 2.24) is 9.88 Å². The van der Waals surface area contributed by atoms with E-state index in [1.165, 1.54) is 24.3 Å². The number of aliphatic hydroxyl groups is 1. The number of aromatic nitrogens is 1. The number of piperidine rings is 3. The quantitative estimate of drug-likeness (QED) is 0.0421. The lowest BCUT2D eigenvalue weighted by molar-refractivity contribution is -0.138. The van der Waals surface area contributed by atoms with Gasteiger partial charge in [0.15, 0.2) is 0 Å². The number of unbranched alkanes of at least 4 members (excludes halogenated alkanes) is 2. The van der Waals surface area contributed by atoms with Crippen LogP contribution in [-0.2, 0) is 25.7 Å². The summed E-state index contributed by atoms with van der Waals surface area (Å²) in [5, 5.41) is 10.7. The first kappa shape index (κ1) is 38.1. The molecule has 0 amide bonds. The van der Waals surface area contributed by atoms with Gasteiger partial charge in [0.2, 0.25) is 0 Å². The molecule has 1 aromatic heterocycles. The van der Waals surface area contributed by atoms with Gasteiger partial charge in [-0.25, -0.2) is 14.4 Å². The van der Waals surface area contributed by atoms with E-state index in [-0.39, 0.29) is 37.0 Å².